The van der Waals surface area contributed by atoms with Crippen LogP contribution < -0.4 is 11.3 Å². The molecule has 0 spiro atoms. The van der Waals surface area contributed by atoms with E-state index in [4.69, 9.17) is 5.84 Å². The summed E-state index contributed by atoms with van der Waals surface area (Å²) in [6.45, 7) is 1.97. The summed E-state index contributed by atoms with van der Waals surface area (Å²) in [5.41, 5.74) is 4.67. The molecule has 2 aromatic rings. The summed E-state index contributed by atoms with van der Waals surface area (Å²) in [5.74, 6) is 4.81. The predicted octanol–water partition coefficient (Wildman–Crippen LogP) is 1.84. The van der Waals surface area contributed by atoms with E-state index in [1.165, 1.54) is 0 Å². The predicted molar refractivity (Wildman–Crippen MR) is 62.4 cm³/mol. The van der Waals surface area contributed by atoms with Gasteiger partial charge >= 0.3 is 0 Å². The van der Waals surface area contributed by atoms with Crippen molar-refractivity contribution in [3.63, 3.8) is 0 Å². The summed E-state index contributed by atoms with van der Waals surface area (Å²) in [4.78, 5) is 14.4. The fourth-order valence-electron chi connectivity index (χ4n) is 1.52. The summed E-state index contributed by atoms with van der Waals surface area (Å²) in [7, 11) is 0. The number of hydrogen-bond acceptors (Lipinski definition) is 2. The van der Waals surface area contributed by atoms with Gasteiger partial charge in [-0.15, -0.1) is 0 Å². The number of carbonyl (C=O) groups excluding carboxylic acids is 1. The van der Waals surface area contributed by atoms with Crippen LogP contribution in [0.5, 0.6) is 0 Å². The number of halogens is 1. The summed E-state index contributed by atoms with van der Waals surface area (Å²) in [6.07, 6.45) is 1.65. The van der Waals surface area contributed by atoms with Crippen LogP contribution >= 0.6 is 15.9 Å². The van der Waals surface area contributed by atoms with Gasteiger partial charge in [0.25, 0.3) is 5.91 Å². The lowest BCUT2D eigenvalue weighted by Gasteiger charge is -2.00. The maximum atomic E-state index is 11.4. The number of nitrogens with one attached hydrogen (secondary N) is 2. The third-order valence-electron chi connectivity index (χ3n) is 2.34. The SMILES string of the molecule is Cc1cc2c(C(=O)NN)c[nH]c2cc1Br. The van der Waals surface area contributed by atoms with Crippen molar-refractivity contribution in [3.8, 4) is 0 Å². The normalized spacial score (nSPS) is 10.6. The van der Waals surface area contributed by atoms with Crippen molar-refractivity contribution in [1.29, 1.82) is 0 Å². The Morgan fingerprint density at radius 3 is 2.93 bits per heavy atom. The van der Waals surface area contributed by atoms with Crippen LogP contribution in [0.2, 0.25) is 0 Å². The highest BCUT2D eigenvalue weighted by Gasteiger charge is 2.11. The number of hydrazine groups is 1. The first kappa shape index (κ1) is 10.2. The molecule has 0 saturated carbocycles. The minimum atomic E-state index is -0.289. The van der Waals surface area contributed by atoms with Crippen LogP contribution in [0.3, 0.4) is 0 Å². The number of aryl methyl sites for hydroxylation is 1. The first-order chi connectivity index (χ1) is 7.13. The lowest BCUT2D eigenvalue weighted by atomic mass is 10.1. The van der Waals surface area contributed by atoms with Crippen LogP contribution in [0.15, 0.2) is 22.8 Å². The lowest BCUT2D eigenvalue weighted by Crippen LogP contribution is -2.29. The highest BCUT2D eigenvalue weighted by atomic mass is 79.9. The van der Waals surface area contributed by atoms with E-state index in [2.05, 4.69) is 26.3 Å². The molecule has 4 N–H and O–H groups in total. The number of aromatic amines is 1. The smallest absolute Gasteiger partial charge is 0.267 e. The molecule has 0 saturated heterocycles. The average Bonchev–Trinajstić information content (AvgIpc) is 2.61. The number of amides is 1. The average molecular weight is 268 g/mol. The molecule has 0 unspecified atom stereocenters. The number of carbonyl (C=O) groups is 1. The zero-order valence-electron chi connectivity index (χ0n) is 8.10. The van der Waals surface area contributed by atoms with E-state index in [9.17, 15) is 4.79 Å². The molecule has 0 aliphatic carbocycles. The summed E-state index contributed by atoms with van der Waals surface area (Å²) < 4.78 is 1.01. The van der Waals surface area contributed by atoms with Crippen LogP contribution in [0, 0.1) is 6.92 Å². The molecule has 0 bridgehead atoms. The highest BCUT2D eigenvalue weighted by Crippen LogP contribution is 2.25. The monoisotopic (exact) mass is 267 g/mol. The number of nitrogens with two attached hydrogens (primary N) is 1. The maximum absolute atomic E-state index is 11.4. The number of benzene rings is 1. The van der Waals surface area contributed by atoms with Crippen molar-refractivity contribution in [2.45, 2.75) is 6.92 Å². The van der Waals surface area contributed by atoms with Gasteiger partial charge in [0.05, 0.1) is 5.56 Å². The Hall–Kier alpha value is -1.33. The molecule has 0 aliphatic heterocycles. The standard InChI is InChI=1S/C10H10BrN3O/c1-5-2-6-7(10(15)14-12)4-13-9(6)3-8(5)11/h2-4,13H,12H2,1H3,(H,14,15). The first-order valence-corrected chi connectivity index (χ1v) is 5.21. The third-order valence-corrected chi connectivity index (χ3v) is 3.19. The molecular weight excluding hydrogens is 258 g/mol. The van der Waals surface area contributed by atoms with Crippen LogP contribution in [0.4, 0.5) is 0 Å². The fourth-order valence-corrected chi connectivity index (χ4v) is 1.86. The second kappa shape index (κ2) is 3.67. The number of nitrogen functional groups attached to an aromatic ring is 1. The minimum Gasteiger partial charge on any atom is -0.360 e. The molecule has 0 fully saturated rings. The Morgan fingerprint density at radius 1 is 1.53 bits per heavy atom. The first-order valence-electron chi connectivity index (χ1n) is 4.41. The Bertz CT molecular complexity index is 533. The third kappa shape index (κ3) is 1.64. The minimum absolute atomic E-state index is 0.289. The Balaban J connectivity index is 2.69. The van der Waals surface area contributed by atoms with E-state index >= 15 is 0 Å². The van der Waals surface area contributed by atoms with E-state index in [-0.39, 0.29) is 5.91 Å². The zero-order chi connectivity index (χ0) is 11.0. The van der Waals surface area contributed by atoms with Gasteiger partial charge < -0.3 is 4.98 Å². The van der Waals surface area contributed by atoms with Gasteiger partial charge in [0, 0.05) is 21.6 Å². The molecule has 0 atom stereocenters. The van der Waals surface area contributed by atoms with Crippen molar-refractivity contribution in [2.24, 2.45) is 5.84 Å². The number of H-pyrrole nitrogens is 1. The van der Waals surface area contributed by atoms with Gasteiger partial charge in [0.1, 0.15) is 0 Å². The molecule has 5 heteroatoms. The molecular formula is C10H10BrN3O. The van der Waals surface area contributed by atoms with Crippen molar-refractivity contribution in [1.82, 2.24) is 10.4 Å². The highest BCUT2D eigenvalue weighted by molar-refractivity contribution is 9.10. The van der Waals surface area contributed by atoms with Gasteiger partial charge in [-0.1, -0.05) is 15.9 Å². The van der Waals surface area contributed by atoms with Gasteiger partial charge in [-0.25, -0.2) is 5.84 Å². The fraction of sp³-hybridized carbons (Fsp3) is 0.100. The molecule has 78 valence electrons. The second-order valence-corrected chi connectivity index (χ2v) is 4.18. The number of hydrogen-bond donors (Lipinski definition) is 3. The zero-order valence-corrected chi connectivity index (χ0v) is 9.68. The van der Waals surface area contributed by atoms with Gasteiger partial charge in [0.2, 0.25) is 0 Å². The van der Waals surface area contributed by atoms with Gasteiger partial charge in [0.15, 0.2) is 0 Å². The van der Waals surface area contributed by atoms with Crippen LogP contribution in [-0.2, 0) is 0 Å². The van der Waals surface area contributed by atoms with E-state index in [1.807, 2.05) is 19.1 Å². The molecule has 1 aromatic carbocycles. The Labute approximate surface area is 94.9 Å². The van der Waals surface area contributed by atoms with Crippen molar-refractivity contribution < 1.29 is 4.79 Å². The summed E-state index contributed by atoms with van der Waals surface area (Å²) in [6, 6.07) is 3.89. The lowest BCUT2D eigenvalue weighted by molar-refractivity contribution is 0.0955. The van der Waals surface area contributed by atoms with Crippen molar-refractivity contribution >= 4 is 32.7 Å². The molecule has 15 heavy (non-hydrogen) atoms. The van der Waals surface area contributed by atoms with Crippen molar-refractivity contribution in [3.05, 3.63) is 33.9 Å². The second-order valence-electron chi connectivity index (χ2n) is 3.32. The molecule has 1 aromatic heterocycles. The van der Waals surface area contributed by atoms with Crippen molar-refractivity contribution in [2.75, 3.05) is 0 Å². The van der Waals surface area contributed by atoms with Gasteiger partial charge in [-0.3, -0.25) is 10.2 Å². The number of aromatic nitrogens is 1. The van der Waals surface area contributed by atoms with Crippen LogP contribution in [-0.4, -0.2) is 10.9 Å². The molecule has 4 nitrogen and oxygen atoms in total. The quantitative estimate of drug-likeness (QED) is 0.419. The van der Waals surface area contributed by atoms with Crippen LogP contribution in [0.1, 0.15) is 15.9 Å². The summed E-state index contributed by atoms with van der Waals surface area (Å²) >= 11 is 3.43. The van der Waals surface area contributed by atoms with Gasteiger partial charge in [-0.05, 0) is 24.6 Å². The summed E-state index contributed by atoms with van der Waals surface area (Å²) in [5, 5.41) is 0.874. The van der Waals surface area contributed by atoms with E-state index in [0.29, 0.717) is 5.56 Å². The van der Waals surface area contributed by atoms with Gasteiger partial charge in [-0.2, -0.15) is 0 Å². The molecule has 0 radical (unpaired) electrons. The molecule has 1 amide bonds. The van der Waals surface area contributed by atoms with E-state index < -0.39 is 0 Å². The number of fused-ring (bicyclic) bond motifs is 1. The van der Waals surface area contributed by atoms with E-state index in [0.717, 1.165) is 20.9 Å². The Kier molecular flexibility index (Phi) is 2.50. The van der Waals surface area contributed by atoms with Crippen LogP contribution in [0.25, 0.3) is 10.9 Å². The Morgan fingerprint density at radius 2 is 2.27 bits per heavy atom. The number of rotatable bonds is 1. The molecule has 2 rings (SSSR count). The topological polar surface area (TPSA) is 70.9 Å². The molecule has 0 aliphatic rings. The molecule has 1 heterocycles. The van der Waals surface area contributed by atoms with E-state index in [1.54, 1.807) is 6.20 Å². The largest absolute Gasteiger partial charge is 0.360 e. The maximum Gasteiger partial charge on any atom is 0.267 e.